The summed E-state index contributed by atoms with van der Waals surface area (Å²) in [6, 6.07) is 22.2. The first-order chi connectivity index (χ1) is 19.5. The van der Waals surface area contributed by atoms with Gasteiger partial charge in [0.05, 0.1) is 0 Å². The van der Waals surface area contributed by atoms with Crippen LogP contribution in [0.1, 0.15) is 191 Å². The maximum atomic E-state index is 2.45. The van der Waals surface area contributed by atoms with Gasteiger partial charge in [-0.15, -0.1) is 0 Å². The molecule has 0 radical (unpaired) electrons. The molecule has 0 spiro atoms. The first-order valence-electron chi connectivity index (χ1n) is 16.8. The topological polar surface area (TPSA) is 0 Å². The van der Waals surface area contributed by atoms with E-state index in [2.05, 4.69) is 165 Å². The van der Waals surface area contributed by atoms with Crippen molar-refractivity contribution in [2.45, 2.75) is 174 Å². The van der Waals surface area contributed by atoms with E-state index in [1.807, 2.05) is 0 Å². The number of hydrogen-bond acceptors (Lipinski definition) is 0. The van der Waals surface area contributed by atoms with Gasteiger partial charge in [0.25, 0.3) is 0 Å². The minimum absolute atomic E-state index is 0. The third-order valence-corrected chi connectivity index (χ3v) is 9.51. The van der Waals surface area contributed by atoms with Crippen molar-refractivity contribution in [2.75, 3.05) is 0 Å². The van der Waals surface area contributed by atoms with E-state index in [0.717, 1.165) is 0 Å². The van der Waals surface area contributed by atoms with E-state index < -0.39 is 8.80 Å². The average molecular weight is 635 g/mol. The van der Waals surface area contributed by atoms with Crippen LogP contribution in [0.25, 0.3) is 0 Å². The van der Waals surface area contributed by atoms with Crippen molar-refractivity contribution in [1.29, 1.82) is 0 Å². The Kier molecular flexibility index (Phi) is 23.5. The van der Waals surface area contributed by atoms with Crippen LogP contribution in [0, 0.1) is 13.8 Å². The van der Waals surface area contributed by atoms with Crippen LogP contribution in [0.5, 0.6) is 0 Å². The highest BCUT2D eigenvalue weighted by atomic mass is 28.3. The van der Waals surface area contributed by atoms with E-state index in [-0.39, 0.29) is 22.3 Å². The number of rotatable bonds is 8. The largest absolute Gasteiger partial charge is 0.0776 e. The zero-order valence-corrected chi connectivity index (χ0v) is 31.6. The quantitative estimate of drug-likeness (QED) is 0.216. The van der Waals surface area contributed by atoms with Gasteiger partial charge in [0.1, 0.15) is 0 Å². The minimum atomic E-state index is -0.518. The second-order valence-corrected chi connectivity index (χ2v) is 17.9. The highest BCUT2D eigenvalue weighted by Gasteiger charge is 2.11. The van der Waals surface area contributed by atoms with Crippen LogP contribution in [0.4, 0.5) is 0 Å². The fourth-order valence-electron chi connectivity index (χ4n) is 5.58. The lowest BCUT2D eigenvalue weighted by Crippen LogP contribution is -2.09. The molecule has 3 rings (SSSR count). The molecule has 0 bridgehead atoms. The molecular weight excluding hydrogens is 557 g/mol. The first kappa shape index (κ1) is 47.3. The lowest BCUT2D eigenvalue weighted by atomic mass is 9.93. The summed E-state index contributed by atoms with van der Waals surface area (Å²) in [6.45, 7) is 36.4. The van der Waals surface area contributed by atoms with Crippen molar-refractivity contribution in [3.8, 4) is 0 Å². The molecular formula is C44H78Si. The third kappa shape index (κ3) is 15.8. The molecule has 0 atom stereocenters. The summed E-state index contributed by atoms with van der Waals surface area (Å²) < 4.78 is 0. The summed E-state index contributed by atoms with van der Waals surface area (Å²) in [6.07, 6.45) is 0. The van der Waals surface area contributed by atoms with Gasteiger partial charge < -0.3 is 0 Å². The lowest BCUT2D eigenvalue weighted by molar-refractivity contribution is 0.832. The maximum Gasteiger partial charge on any atom is 0.0352 e. The Morgan fingerprint density at radius 2 is 0.711 bits per heavy atom. The van der Waals surface area contributed by atoms with Crippen molar-refractivity contribution in [3.63, 3.8) is 0 Å². The summed E-state index contributed by atoms with van der Waals surface area (Å²) in [5.41, 5.74) is 13.4. The van der Waals surface area contributed by atoms with Gasteiger partial charge in [-0.05, 0) is 105 Å². The van der Waals surface area contributed by atoms with Gasteiger partial charge in [-0.25, -0.2) is 0 Å². The molecule has 0 unspecified atom stereocenters. The zero-order chi connectivity index (χ0) is 32.3. The zero-order valence-electron chi connectivity index (χ0n) is 30.4. The van der Waals surface area contributed by atoms with Crippen LogP contribution in [0.2, 0.25) is 13.1 Å². The van der Waals surface area contributed by atoms with Crippen LogP contribution >= 0.6 is 0 Å². The van der Waals surface area contributed by atoms with Crippen molar-refractivity contribution < 1.29 is 0 Å². The molecule has 258 valence electrons. The van der Waals surface area contributed by atoms with Crippen molar-refractivity contribution in [3.05, 3.63) is 105 Å². The SMILES string of the molecule is C.C.C.CC(C)c1ccc(C(C)C)c(C[SiH](C)C)c1.Cc1cc(C(C)C)ccc1C(C)C.Cc1cc(C(C)C)ccc1C(C)C. The van der Waals surface area contributed by atoms with Crippen LogP contribution in [0.3, 0.4) is 0 Å². The Bertz CT molecular complexity index is 1150. The summed E-state index contributed by atoms with van der Waals surface area (Å²) >= 11 is 0. The van der Waals surface area contributed by atoms with E-state index in [1.165, 1.54) is 45.0 Å². The molecule has 0 fully saturated rings. The van der Waals surface area contributed by atoms with Gasteiger partial charge >= 0.3 is 0 Å². The Morgan fingerprint density at radius 1 is 0.422 bits per heavy atom. The lowest BCUT2D eigenvalue weighted by Gasteiger charge is -2.17. The van der Waals surface area contributed by atoms with E-state index in [4.69, 9.17) is 0 Å². The summed E-state index contributed by atoms with van der Waals surface area (Å²) in [5, 5.41) is 0. The Balaban J connectivity index is -0.000000573. The Hall–Kier alpha value is -2.12. The van der Waals surface area contributed by atoms with Gasteiger partial charge in [0.2, 0.25) is 0 Å². The molecule has 3 aromatic carbocycles. The third-order valence-electron chi connectivity index (χ3n) is 8.25. The van der Waals surface area contributed by atoms with E-state index >= 15 is 0 Å². The normalized spacial score (nSPS) is 10.7. The van der Waals surface area contributed by atoms with Crippen LogP contribution in [-0.4, -0.2) is 8.80 Å². The molecule has 3 aromatic rings. The molecule has 0 aromatic heterocycles. The maximum absolute atomic E-state index is 2.45. The van der Waals surface area contributed by atoms with Crippen LogP contribution in [-0.2, 0) is 6.04 Å². The molecule has 0 saturated heterocycles. The van der Waals surface area contributed by atoms with E-state index in [1.54, 1.807) is 11.1 Å². The highest BCUT2D eigenvalue weighted by molar-refractivity contribution is 6.55. The predicted octanol–water partition coefficient (Wildman–Crippen LogP) is 14.9. The number of aryl methyl sites for hydroxylation is 2. The molecule has 0 N–H and O–H groups in total. The van der Waals surface area contributed by atoms with Gasteiger partial charge in [-0.1, -0.05) is 173 Å². The van der Waals surface area contributed by atoms with Gasteiger partial charge in [0, 0.05) is 8.80 Å². The van der Waals surface area contributed by atoms with E-state index in [9.17, 15) is 0 Å². The fraction of sp³-hybridized carbons (Fsp3) is 0.591. The molecule has 0 heterocycles. The average Bonchev–Trinajstić information content (AvgIpc) is 2.88. The monoisotopic (exact) mass is 635 g/mol. The van der Waals surface area contributed by atoms with Crippen molar-refractivity contribution >= 4 is 8.80 Å². The van der Waals surface area contributed by atoms with Gasteiger partial charge in [0.15, 0.2) is 0 Å². The van der Waals surface area contributed by atoms with Crippen LogP contribution < -0.4 is 0 Å². The molecule has 0 aliphatic heterocycles. The molecule has 0 nitrogen and oxygen atoms in total. The molecule has 0 saturated carbocycles. The molecule has 0 amide bonds. The highest BCUT2D eigenvalue weighted by Crippen LogP contribution is 2.26. The fourth-order valence-corrected chi connectivity index (χ4v) is 6.81. The Morgan fingerprint density at radius 3 is 0.956 bits per heavy atom. The standard InChI is InChI=1S/C15H26Si.2C13H20.3CH4/c1-11(2)13-7-8-15(12(3)4)14(9-13)10-16(5)6;2*1-9(2)12-6-7-13(10(3)4)11(5)8-12;;;/h7-9,11-12,16H,10H2,1-6H3;2*6-10H,1-5H3;3*1H4. The number of benzene rings is 3. The van der Waals surface area contributed by atoms with Crippen LogP contribution in [0.15, 0.2) is 54.6 Å². The van der Waals surface area contributed by atoms with E-state index in [0.29, 0.717) is 35.5 Å². The predicted molar refractivity (Wildman–Crippen MR) is 216 cm³/mol. The molecule has 1 heteroatoms. The second kappa shape index (κ2) is 22.4. The van der Waals surface area contributed by atoms with Crippen molar-refractivity contribution in [1.82, 2.24) is 0 Å². The first-order valence-corrected chi connectivity index (χ1v) is 19.9. The van der Waals surface area contributed by atoms with Gasteiger partial charge in [-0.2, -0.15) is 0 Å². The molecule has 0 aliphatic rings. The second-order valence-electron chi connectivity index (χ2n) is 14.7. The summed E-state index contributed by atoms with van der Waals surface area (Å²) in [5.74, 6) is 3.86. The van der Waals surface area contributed by atoms with Crippen molar-refractivity contribution in [2.24, 2.45) is 0 Å². The van der Waals surface area contributed by atoms with Gasteiger partial charge in [-0.3, -0.25) is 0 Å². The smallest absolute Gasteiger partial charge is 0.0352 e. The summed E-state index contributed by atoms with van der Waals surface area (Å²) in [4.78, 5) is 0. The Labute approximate surface area is 286 Å². The number of hydrogen-bond donors (Lipinski definition) is 0. The molecule has 45 heavy (non-hydrogen) atoms. The summed E-state index contributed by atoms with van der Waals surface area (Å²) in [7, 11) is -0.518. The minimum Gasteiger partial charge on any atom is -0.0776 e. The molecule has 0 aliphatic carbocycles.